The second-order valence-corrected chi connectivity index (χ2v) is 7.94. The quantitative estimate of drug-likeness (QED) is 0.854. The van der Waals surface area contributed by atoms with Crippen molar-refractivity contribution in [2.24, 2.45) is 5.92 Å². The van der Waals surface area contributed by atoms with Crippen molar-refractivity contribution in [3.63, 3.8) is 0 Å². The highest BCUT2D eigenvalue weighted by Gasteiger charge is 2.25. The summed E-state index contributed by atoms with van der Waals surface area (Å²) in [6, 6.07) is 8.95. The van der Waals surface area contributed by atoms with Crippen molar-refractivity contribution in [1.82, 2.24) is 10.2 Å². The Morgan fingerprint density at radius 3 is 2.35 bits per heavy atom. The second-order valence-electron chi connectivity index (χ2n) is 7.02. The van der Waals surface area contributed by atoms with Gasteiger partial charge in [0.15, 0.2) is 0 Å². The van der Waals surface area contributed by atoms with Crippen molar-refractivity contribution in [3.05, 3.63) is 34.3 Å². The molecule has 0 atom stereocenters. The number of nitrogens with one attached hydrogen (secondary N) is 1. The van der Waals surface area contributed by atoms with Crippen LogP contribution in [-0.2, 0) is 11.3 Å². The first-order chi connectivity index (χ1) is 11.2. The van der Waals surface area contributed by atoms with Crippen molar-refractivity contribution >= 4 is 21.8 Å². The third kappa shape index (κ3) is 5.05. The predicted octanol–water partition coefficient (Wildman–Crippen LogP) is 4.11. The molecule has 2 aliphatic rings. The van der Waals surface area contributed by atoms with E-state index in [1.165, 1.54) is 24.8 Å². The van der Waals surface area contributed by atoms with E-state index in [2.05, 4.69) is 50.4 Å². The maximum atomic E-state index is 12.3. The van der Waals surface area contributed by atoms with Gasteiger partial charge in [-0.25, -0.2) is 0 Å². The summed E-state index contributed by atoms with van der Waals surface area (Å²) in [4.78, 5) is 14.8. The molecule has 0 aromatic heterocycles. The summed E-state index contributed by atoms with van der Waals surface area (Å²) in [5.41, 5.74) is 1.36. The largest absolute Gasteiger partial charge is 0.353 e. The first-order valence-corrected chi connectivity index (χ1v) is 9.77. The van der Waals surface area contributed by atoms with Gasteiger partial charge >= 0.3 is 0 Å². The van der Waals surface area contributed by atoms with Crippen LogP contribution in [0.25, 0.3) is 0 Å². The van der Waals surface area contributed by atoms with E-state index in [4.69, 9.17) is 0 Å². The zero-order chi connectivity index (χ0) is 16.1. The Balaban J connectivity index is 1.41. The molecule has 126 valence electrons. The van der Waals surface area contributed by atoms with E-state index in [0.29, 0.717) is 11.9 Å². The normalized spacial score (nSPS) is 21.3. The van der Waals surface area contributed by atoms with Gasteiger partial charge in [-0.15, -0.1) is 0 Å². The molecule has 1 aromatic rings. The molecule has 23 heavy (non-hydrogen) atoms. The number of piperidine rings is 1. The van der Waals surface area contributed by atoms with Gasteiger partial charge in [-0.3, -0.25) is 9.69 Å². The first kappa shape index (κ1) is 17.0. The first-order valence-electron chi connectivity index (χ1n) is 8.98. The van der Waals surface area contributed by atoms with Gasteiger partial charge in [0.1, 0.15) is 0 Å². The van der Waals surface area contributed by atoms with Crippen molar-refractivity contribution in [1.29, 1.82) is 0 Å². The maximum absolute atomic E-state index is 12.3. The number of hydrogen-bond acceptors (Lipinski definition) is 2. The molecule has 0 bridgehead atoms. The Morgan fingerprint density at radius 1 is 1.04 bits per heavy atom. The standard InChI is InChI=1S/C19H27BrN2O/c20-17-8-6-15(7-9-17)14-22-12-10-18(11-13-22)21-19(23)16-4-2-1-3-5-16/h6-9,16,18H,1-5,10-14H2,(H,21,23). The average molecular weight is 379 g/mol. The third-order valence-electron chi connectivity index (χ3n) is 5.23. The molecule has 1 amide bonds. The molecule has 3 nitrogen and oxygen atoms in total. The van der Waals surface area contributed by atoms with E-state index in [9.17, 15) is 4.79 Å². The molecule has 1 aliphatic carbocycles. The van der Waals surface area contributed by atoms with Gasteiger partial charge in [0.25, 0.3) is 0 Å². The predicted molar refractivity (Wildman–Crippen MR) is 97.2 cm³/mol. The number of nitrogens with zero attached hydrogens (tertiary/aromatic N) is 1. The van der Waals surface area contributed by atoms with Crippen molar-refractivity contribution < 1.29 is 4.79 Å². The lowest BCUT2D eigenvalue weighted by molar-refractivity contribution is -0.127. The summed E-state index contributed by atoms with van der Waals surface area (Å²) in [5.74, 6) is 0.598. The van der Waals surface area contributed by atoms with E-state index >= 15 is 0 Å². The summed E-state index contributed by atoms with van der Waals surface area (Å²) < 4.78 is 1.13. The van der Waals surface area contributed by atoms with Crippen LogP contribution in [0.5, 0.6) is 0 Å². The minimum atomic E-state index is 0.282. The minimum absolute atomic E-state index is 0.282. The smallest absolute Gasteiger partial charge is 0.223 e. The van der Waals surface area contributed by atoms with E-state index in [1.807, 2.05) is 0 Å². The molecule has 3 rings (SSSR count). The summed E-state index contributed by atoms with van der Waals surface area (Å²) in [6.07, 6.45) is 8.10. The average Bonchev–Trinajstić information content (AvgIpc) is 2.59. The van der Waals surface area contributed by atoms with Crippen LogP contribution in [0.15, 0.2) is 28.7 Å². The number of amides is 1. The molecule has 4 heteroatoms. The number of carbonyl (C=O) groups is 1. The molecule has 1 saturated heterocycles. The van der Waals surface area contributed by atoms with Gasteiger partial charge in [0.2, 0.25) is 5.91 Å². The summed E-state index contributed by atoms with van der Waals surface area (Å²) >= 11 is 3.48. The Bertz CT molecular complexity index is 503. The lowest BCUT2D eigenvalue weighted by atomic mass is 9.88. The van der Waals surface area contributed by atoms with Gasteiger partial charge < -0.3 is 5.32 Å². The number of rotatable bonds is 4. The van der Waals surface area contributed by atoms with Crippen LogP contribution in [0, 0.1) is 5.92 Å². The molecule has 1 N–H and O–H groups in total. The van der Waals surface area contributed by atoms with Crippen LogP contribution in [0.4, 0.5) is 0 Å². The van der Waals surface area contributed by atoms with E-state index < -0.39 is 0 Å². The van der Waals surface area contributed by atoms with Crippen molar-refractivity contribution in [3.8, 4) is 0 Å². The number of halogens is 1. The summed E-state index contributed by atoms with van der Waals surface area (Å²) in [6.45, 7) is 3.16. The molecule has 1 heterocycles. The third-order valence-corrected chi connectivity index (χ3v) is 5.76. The van der Waals surface area contributed by atoms with E-state index in [-0.39, 0.29) is 5.92 Å². The number of likely N-dealkylation sites (tertiary alicyclic amines) is 1. The van der Waals surface area contributed by atoms with Crippen molar-refractivity contribution in [2.45, 2.75) is 57.5 Å². The van der Waals surface area contributed by atoms with Crippen LogP contribution >= 0.6 is 15.9 Å². The minimum Gasteiger partial charge on any atom is -0.353 e. The topological polar surface area (TPSA) is 32.3 Å². The van der Waals surface area contributed by atoms with Crippen LogP contribution in [-0.4, -0.2) is 29.9 Å². The van der Waals surface area contributed by atoms with Gasteiger partial charge in [-0.05, 0) is 43.4 Å². The van der Waals surface area contributed by atoms with Crippen LogP contribution in [0.1, 0.15) is 50.5 Å². The van der Waals surface area contributed by atoms with E-state index in [0.717, 1.165) is 49.8 Å². The molecule has 2 fully saturated rings. The monoisotopic (exact) mass is 378 g/mol. The Morgan fingerprint density at radius 2 is 1.70 bits per heavy atom. The molecular formula is C19H27BrN2O. The number of benzene rings is 1. The van der Waals surface area contributed by atoms with Gasteiger partial charge in [0, 0.05) is 36.1 Å². The Hall–Kier alpha value is -0.870. The fourth-order valence-corrected chi connectivity index (χ4v) is 4.03. The van der Waals surface area contributed by atoms with Crippen LogP contribution < -0.4 is 5.32 Å². The zero-order valence-electron chi connectivity index (χ0n) is 13.8. The van der Waals surface area contributed by atoms with Gasteiger partial charge in [-0.2, -0.15) is 0 Å². The Labute approximate surface area is 148 Å². The van der Waals surface area contributed by atoms with Crippen LogP contribution in [0.2, 0.25) is 0 Å². The highest BCUT2D eigenvalue weighted by atomic mass is 79.9. The lowest BCUT2D eigenvalue weighted by Crippen LogP contribution is -2.46. The molecule has 1 aliphatic heterocycles. The molecular weight excluding hydrogens is 352 g/mol. The molecule has 0 spiro atoms. The molecule has 0 radical (unpaired) electrons. The fourth-order valence-electron chi connectivity index (χ4n) is 3.77. The van der Waals surface area contributed by atoms with Crippen LogP contribution in [0.3, 0.4) is 0 Å². The number of carbonyl (C=O) groups excluding carboxylic acids is 1. The number of hydrogen-bond donors (Lipinski definition) is 1. The molecule has 1 saturated carbocycles. The molecule has 1 aromatic carbocycles. The molecule has 0 unspecified atom stereocenters. The SMILES string of the molecule is O=C(NC1CCN(Cc2ccc(Br)cc2)CC1)C1CCCCC1. The van der Waals surface area contributed by atoms with Gasteiger partial charge in [0.05, 0.1) is 0 Å². The summed E-state index contributed by atoms with van der Waals surface area (Å²) in [5, 5.41) is 3.31. The summed E-state index contributed by atoms with van der Waals surface area (Å²) in [7, 11) is 0. The Kier molecular flexibility index (Phi) is 6.12. The van der Waals surface area contributed by atoms with Gasteiger partial charge in [-0.1, -0.05) is 47.3 Å². The lowest BCUT2D eigenvalue weighted by Gasteiger charge is -2.33. The second kappa shape index (κ2) is 8.29. The zero-order valence-corrected chi connectivity index (χ0v) is 15.4. The van der Waals surface area contributed by atoms with Crippen molar-refractivity contribution in [2.75, 3.05) is 13.1 Å². The highest BCUT2D eigenvalue weighted by Crippen LogP contribution is 2.24. The fraction of sp³-hybridized carbons (Fsp3) is 0.632. The maximum Gasteiger partial charge on any atom is 0.223 e. The van der Waals surface area contributed by atoms with E-state index in [1.54, 1.807) is 0 Å². The highest BCUT2D eigenvalue weighted by molar-refractivity contribution is 9.10.